The number of ether oxygens (including phenoxy) is 1. The molecular weight excluding hydrogens is 292 g/mol. The van der Waals surface area contributed by atoms with Crippen LogP contribution in [0, 0.1) is 22.7 Å². The lowest BCUT2D eigenvalue weighted by atomic mass is 10.00. The second-order valence-corrected chi connectivity index (χ2v) is 5.56. The van der Waals surface area contributed by atoms with Crippen molar-refractivity contribution in [3.8, 4) is 17.9 Å². The quantitative estimate of drug-likeness (QED) is 0.840. The fourth-order valence-electron chi connectivity index (χ4n) is 2.75. The number of carbonyl (C=O) groups excluding carboxylic acids is 1. The van der Waals surface area contributed by atoms with Crippen molar-refractivity contribution >= 4 is 11.6 Å². The molecule has 120 valence electrons. The van der Waals surface area contributed by atoms with Crippen LogP contribution in [-0.2, 0) is 4.79 Å². The van der Waals surface area contributed by atoms with Crippen LogP contribution in [0.15, 0.2) is 18.2 Å². The van der Waals surface area contributed by atoms with Crippen LogP contribution in [0.3, 0.4) is 0 Å². The minimum absolute atomic E-state index is 0.0262. The van der Waals surface area contributed by atoms with E-state index in [1.807, 2.05) is 6.92 Å². The normalized spacial score (nSPS) is 15.3. The van der Waals surface area contributed by atoms with Gasteiger partial charge in [0.1, 0.15) is 11.3 Å². The lowest BCUT2D eigenvalue weighted by Crippen LogP contribution is -2.47. The predicted octanol–water partition coefficient (Wildman–Crippen LogP) is 2.32. The molecule has 6 heteroatoms. The van der Waals surface area contributed by atoms with Crippen LogP contribution in [-0.4, -0.2) is 24.6 Å². The van der Waals surface area contributed by atoms with Crippen molar-refractivity contribution in [1.29, 1.82) is 10.5 Å². The fourth-order valence-corrected chi connectivity index (χ4v) is 2.75. The summed E-state index contributed by atoms with van der Waals surface area (Å²) in [7, 11) is 0. The van der Waals surface area contributed by atoms with Crippen LogP contribution >= 0.6 is 0 Å². The molecule has 0 bridgehead atoms. The van der Waals surface area contributed by atoms with E-state index in [9.17, 15) is 10.1 Å². The number of nitrogens with one attached hydrogen (secondary N) is 2. The molecule has 0 spiro atoms. The van der Waals surface area contributed by atoms with Gasteiger partial charge in [-0.15, -0.1) is 0 Å². The Morgan fingerprint density at radius 1 is 1.35 bits per heavy atom. The number of anilines is 1. The summed E-state index contributed by atoms with van der Waals surface area (Å²) in [5, 5.41) is 24.1. The predicted molar refractivity (Wildman–Crippen MR) is 85.8 cm³/mol. The van der Waals surface area contributed by atoms with E-state index < -0.39 is 5.54 Å². The van der Waals surface area contributed by atoms with Crippen molar-refractivity contribution in [2.24, 2.45) is 0 Å². The minimum Gasteiger partial charge on any atom is -0.492 e. The van der Waals surface area contributed by atoms with Crippen molar-refractivity contribution < 1.29 is 9.53 Å². The van der Waals surface area contributed by atoms with Crippen LogP contribution in [0.5, 0.6) is 5.75 Å². The monoisotopic (exact) mass is 312 g/mol. The molecule has 0 saturated heterocycles. The van der Waals surface area contributed by atoms with E-state index >= 15 is 0 Å². The van der Waals surface area contributed by atoms with E-state index in [-0.39, 0.29) is 12.5 Å². The van der Waals surface area contributed by atoms with Gasteiger partial charge in [0.15, 0.2) is 0 Å². The summed E-state index contributed by atoms with van der Waals surface area (Å²) in [6, 6.07) is 9.31. The van der Waals surface area contributed by atoms with Gasteiger partial charge in [0.05, 0.1) is 36.5 Å². The molecule has 0 heterocycles. The number of hydrogen-bond acceptors (Lipinski definition) is 5. The topological polar surface area (TPSA) is 97.9 Å². The van der Waals surface area contributed by atoms with E-state index in [1.54, 1.807) is 18.2 Å². The van der Waals surface area contributed by atoms with Crippen LogP contribution in [0.25, 0.3) is 0 Å². The summed E-state index contributed by atoms with van der Waals surface area (Å²) >= 11 is 0. The summed E-state index contributed by atoms with van der Waals surface area (Å²) in [6.07, 6.45) is 3.31. The van der Waals surface area contributed by atoms with Crippen molar-refractivity contribution in [1.82, 2.24) is 5.32 Å². The van der Waals surface area contributed by atoms with Crippen LogP contribution in [0.4, 0.5) is 5.69 Å². The number of nitriles is 2. The van der Waals surface area contributed by atoms with Gasteiger partial charge in [-0.3, -0.25) is 4.79 Å². The summed E-state index contributed by atoms with van der Waals surface area (Å²) in [5.74, 6) is 0.355. The molecular formula is C17H20N4O2. The van der Waals surface area contributed by atoms with Gasteiger partial charge in [-0.1, -0.05) is 0 Å². The molecule has 6 nitrogen and oxygen atoms in total. The Morgan fingerprint density at radius 3 is 2.70 bits per heavy atom. The van der Waals surface area contributed by atoms with Gasteiger partial charge >= 0.3 is 0 Å². The number of hydrogen-bond donors (Lipinski definition) is 2. The highest BCUT2D eigenvalue weighted by atomic mass is 16.5. The number of benzene rings is 1. The van der Waals surface area contributed by atoms with Crippen molar-refractivity contribution in [2.75, 3.05) is 18.5 Å². The molecule has 2 rings (SSSR count). The zero-order valence-corrected chi connectivity index (χ0v) is 13.2. The Morgan fingerprint density at radius 2 is 2.09 bits per heavy atom. The highest BCUT2D eigenvalue weighted by molar-refractivity contribution is 5.82. The second-order valence-electron chi connectivity index (χ2n) is 5.56. The summed E-state index contributed by atoms with van der Waals surface area (Å²) < 4.78 is 5.49. The summed E-state index contributed by atoms with van der Waals surface area (Å²) in [6.45, 7) is 2.38. The Labute approximate surface area is 136 Å². The lowest BCUT2D eigenvalue weighted by molar-refractivity contribution is -0.120. The first-order valence-electron chi connectivity index (χ1n) is 7.75. The van der Waals surface area contributed by atoms with E-state index in [0.717, 1.165) is 12.8 Å². The molecule has 23 heavy (non-hydrogen) atoms. The largest absolute Gasteiger partial charge is 0.492 e. The molecule has 1 aromatic rings. The van der Waals surface area contributed by atoms with E-state index in [1.165, 1.54) is 0 Å². The molecule has 0 aromatic heterocycles. The second kappa shape index (κ2) is 7.51. The summed E-state index contributed by atoms with van der Waals surface area (Å²) in [4.78, 5) is 12.1. The zero-order chi connectivity index (χ0) is 16.7. The van der Waals surface area contributed by atoms with Gasteiger partial charge in [-0.2, -0.15) is 10.5 Å². The van der Waals surface area contributed by atoms with Gasteiger partial charge in [-0.05, 0) is 50.8 Å². The molecule has 0 atom stereocenters. The molecule has 0 aliphatic heterocycles. The van der Waals surface area contributed by atoms with Gasteiger partial charge in [0.2, 0.25) is 5.91 Å². The third-order valence-corrected chi connectivity index (χ3v) is 3.90. The van der Waals surface area contributed by atoms with Crippen LogP contribution in [0.1, 0.15) is 38.2 Å². The third kappa shape index (κ3) is 4.14. The Kier molecular flexibility index (Phi) is 5.43. The molecule has 1 saturated carbocycles. The average molecular weight is 312 g/mol. The first-order chi connectivity index (χ1) is 11.1. The molecule has 1 amide bonds. The molecule has 2 N–H and O–H groups in total. The zero-order valence-electron chi connectivity index (χ0n) is 13.2. The Balaban J connectivity index is 2.01. The van der Waals surface area contributed by atoms with Crippen LogP contribution < -0.4 is 15.4 Å². The fraction of sp³-hybridized carbons (Fsp3) is 0.471. The molecule has 0 unspecified atom stereocenters. The van der Waals surface area contributed by atoms with E-state index in [2.05, 4.69) is 22.8 Å². The van der Waals surface area contributed by atoms with E-state index in [4.69, 9.17) is 10.00 Å². The van der Waals surface area contributed by atoms with Crippen molar-refractivity contribution in [3.05, 3.63) is 23.8 Å². The van der Waals surface area contributed by atoms with Crippen molar-refractivity contribution in [3.63, 3.8) is 0 Å². The summed E-state index contributed by atoms with van der Waals surface area (Å²) in [5.41, 5.74) is 0.356. The van der Waals surface area contributed by atoms with Crippen molar-refractivity contribution in [2.45, 2.75) is 38.1 Å². The highest BCUT2D eigenvalue weighted by Gasteiger charge is 2.35. The molecule has 1 fully saturated rings. The smallest absolute Gasteiger partial charge is 0.240 e. The standard InChI is InChI=1S/C17H20N4O2/c1-2-23-15-6-5-13(10-18)9-14(15)20-11-16(22)21-17(12-19)7-3-4-8-17/h5-6,9,20H,2-4,7-8,11H2,1H3,(H,21,22). The number of amides is 1. The Hall–Kier alpha value is -2.73. The highest BCUT2D eigenvalue weighted by Crippen LogP contribution is 2.29. The first kappa shape index (κ1) is 16.6. The third-order valence-electron chi connectivity index (χ3n) is 3.90. The first-order valence-corrected chi connectivity index (χ1v) is 7.75. The number of rotatable bonds is 6. The number of carbonyl (C=O) groups is 1. The van der Waals surface area contributed by atoms with Gasteiger partial charge < -0.3 is 15.4 Å². The molecule has 1 aromatic carbocycles. The van der Waals surface area contributed by atoms with Gasteiger partial charge in [-0.25, -0.2) is 0 Å². The average Bonchev–Trinajstić information content (AvgIpc) is 3.03. The Bertz CT molecular complexity index is 652. The molecule has 1 aliphatic carbocycles. The molecule has 0 radical (unpaired) electrons. The van der Waals surface area contributed by atoms with E-state index in [0.29, 0.717) is 36.4 Å². The maximum absolute atomic E-state index is 12.1. The SMILES string of the molecule is CCOc1ccc(C#N)cc1NCC(=O)NC1(C#N)CCCC1. The lowest BCUT2D eigenvalue weighted by Gasteiger charge is -2.22. The van der Waals surface area contributed by atoms with Crippen LogP contribution in [0.2, 0.25) is 0 Å². The molecule has 1 aliphatic rings. The van der Waals surface area contributed by atoms with Gasteiger partial charge in [0, 0.05) is 0 Å². The maximum atomic E-state index is 12.1. The number of nitrogens with zero attached hydrogens (tertiary/aromatic N) is 2. The maximum Gasteiger partial charge on any atom is 0.240 e. The van der Waals surface area contributed by atoms with Gasteiger partial charge in [0.25, 0.3) is 0 Å². The minimum atomic E-state index is -0.726.